The van der Waals surface area contributed by atoms with E-state index in [2.05, 4.69) is 15.7 Å². The largest absolute Gasteiger partial charge is 0.493 e. The average Bonchev–Trinajstić information content (AvgIpc) is 3.11. The molecule has 2 aromatic rings. The predicted molar refractivity (Wildman–Crippen MR) is 101 cm³/mol. The van der Waals surface area contributed by atoms with Gasteiger partial charge in [0.1, 0.15) is 11.6 Å². The maximum Gasteiger partial charge on any atom is 0.410 e. The Labute approximate surface area is 166 Å². The van der Waals surface area contributed by atoms with Gasteiger partial charge < -0.3 is 15.4 Å². The van der Waals surface area contributed by atoms with E-state index < -0.39 is 18.1 Å². The average molecular weight is 408 g/mol. The molecule has 4 rings (SSSR count). The number of nitrogens with zero attached hydrogens (tertiary/aromatic N) is 2. The molecular weight excluding hydrogens is 385 g/mol. The zero-order valence-corrected chi connectivity index (χ0v) is 16.2. The van der Waals surface area contributed by atoms with Gasteiger partial charge in [-0.2, -0.15) is 18.3 Å². The number of aromatic nitrogens is 2. The van der Waals surface area contributed by atoms with Gasteiger partial charge in [0.05, 0.1) is 12.6 Å². The van der Waals surface area contributed by atoms with Crippen LogP contribution in [0.2, 0.25) is 0 Å². The highest BCUT2D eigenvalue weighted by Crippen LogP contribution is 2.41. The lowest BCUT2D eigenvalue weighted by Gasteiger charge is -2.35. The summed E-state index contributed by atoms with van der Waals surface area (Å²) in [6.45, 7) is 4.19. The van der Waals surface area contributed by atoms with E-state index in [-0.39, 0.29) is 35.9 Å². The van der Waals surface area contributed by atoms with Crippen LogP contribution >= 0.6 is 0 Å². The fraction of sp³-hybridized carbons (Fsp3) is 0.500. The Hall–Kier alpha value is -2.71. The van der Waals surface area contributed by atoms with Gasteiger partial charge in [0.15, 0.2) is 11.7 Å². The number of fused-ring (bicyclic) bond motifs is 2. The molecule has 0 spiro atoms. The molecule has 0 saturated heterocycles. The molecule has 3 atom stereocenters. The van der Waals surface area contributed by atoms with E-state index in [4.69, 9.17) is 4.74 Å². The van der Waals surface area contributed by atoms with Gasteiger partial charge in [0.25, 0.3) is 5.91 Å². The number of hydrogen-bond donors (Lipinski definition) is 2. The van der Waals surface area contributed by atoms with Gasteiger partial charge in [-0.15, -0.1) is 0 Å². The highest BCUT2D eigenvalue weighted by atomic mass is 19.4. The van der Waals surface area contributed by atoms with Crippen molar-refractivity contribution in [3.05, 3.63) is 41.6 Å². The van der Waals surface area contributed by atoms with Gasteiger partial charge in [-0.1, -0.05) is 32.0 Å². The number of hydrogen-bond acceptors (Lipinski definition) is 4. The molecule has 2 aliphatic rings. The number of halogens is 3. The van der Waals surface area contributed by atoms with E-state index in [9.17, 15) is 18.0 Å². The molecule has 29 heavy (non-hydrogen) atoms. The number of nitrogens with one attached hydrogen (secondary N) is 2. The first kappa shape index (κ1) is 19.6. The lowest BCUT2D eigenvalue weighted by atomic mass is 9.94. The number of ether oxygens (including phenoxy) is 1. The van der Waals surface area contributed by atoms with Crippen molar-refractivity contribution in [2.75, 3.05) is 11.9 Å². The third-order valence-corrected chi connectivity index (χ3v) is 5.52. The Bertz CT molecular complexity index is 909. The number of anilines is 1. The van der Waals surface area contributed by atoms with Crippen molar-refractivity contribution < 1.29 is 22.7 Å². The number of alkyl halides is 3. The van der Waals surface area contributed by atoms with Crippen LogP contribution in [0.4, 0.5) is 19.0 Å². The molecule has 0 unspecified atom stereocenters. The number of amides is 1. The Morgan fingerprint density at radius 2 is 2.10 bits per heavy atom. The standard InChI is InChI=1S/C20H23F3N4O2/c1-11(2)14-9-17(20(21,22)23)27-18(24-14)10-15(26-27)19(28)25-13-7-8-29-16-6-4-3-5-12(13)16/h3-6,10-11,13-14,17,24H,7-9H2,1-2H3,(H,25,28)/t13-,14+,17-/m1/s1. The molecular formula is C20H23F3N4O2. The van der Waals surface area contributed by atoms with Crippen LogP contribution in [-0.2, 0) is 0 Å². The number of rotatable bonds is 3. The summed E-state index contributed by atoms with van der Waals surface area (Å²) in [6, 6.07) is 6.42. The molecule has 0 aliphatic carbocycles. The molecule has 6 nitrogen and oxygen atoms in total. The van der Waals surface area contributed by atoms with E-state index in [0.717, 1.165) is 10.2 Å². The van der Waals surface area contributed by atoms with Crippen molar-refractivity contribution in [3.63, 3.8) is 0 Å². The molecule has 9 heteroatoms. The van der Waals surface area contributed by atoms with Crippen LogP contribution < -0.4 is 15.4 Å². The van der Waals surface area contributed by atoms with Crippen molar-refractivity contribution in [3.8, 4) is 5.75 Å². The van der Waals surface area contributed by atoms with Crippen molar-refractivity contribution >= 4 is 11.7 Å². The van der Waals surface area contributed by atoms with Crippen LogP contribution in [0.1, 0.15) is 54.8 Å². The second kappa shape index (κ2) is 7.27. The fourth-order valence-corrected chi connectivity index (χ4v) is 3.88. The highest BCUT2D eigenvalue weighted by molar-refractivity contribution is 5.93. The summed E-state index contributed by atoms with van der Waals surface area (Å²) in [6.07, 6.45) is -3.98. The molecule has 156 valence electrons. The lowest BCUT2D eigenvalue weighted by molar-refractivity contribution is -0.174. The second-order valence-electron chi connectivity index (χ2n) is 7.85. The van der Waals surface area contributed by atoms with Crippen LogP contribution in [0.3, 0.4) is 0 Å². The Morgan fingerprint density at radius 3 is 2.83 bits per heavy atom. The molecule has 1 aromatic carbocycles. The third-order valence-electron chi connectivity index (χ3n) is 5.52. The van der Waals surface area contributed by atoms with Crippen molar-refractivity contribution in [2.24, 2.45) is 5.92 Å². The summed E-state index contributed by atoms with van der Waals surface area (Å²) in [4.78, 5) is 12.8. The number of benzene rings is 1. The normalized spacial score (nSPS) is 23.6. The van der Waals surface area contributed by atoms with Gasteiger partial charge in [-0.25, -0.2) is 4.68 Å². The summed E-state index contributed by atoms with van der Waals surface area (Å²) in [5, 5.41) is 9.98. The molecule has 3 heterocycles. The third kappa shape index (κ3) is 3.77. The quantitative estimate of drug-likeness (QED) is 0.803. The van der Waals surface area contributed by atoms with Gasteiger partial charge in [-0.05, 0) is 18.4 Å². The number of para-hydroxylation sites is 1. The minimum atomic E-state index is -4.44. The first-order valence-corrected chi connectivity index (χ1v) is 9.69. The van der Waals surface area contributed by atoms with E-state index >= 15 is 0 Å². The summed E-state index contributed by atoms with van der Waals surface area (Å²) >= 11 is 0. The van der Waals surface area contributed by atoms with Crippen LogP contribution in [0.25, 0.3) is 0 Å². The molecule has 0 saturated carbocycles. The first-order chi connectivity index (χ1) is 13.7. The summed E-state index contributed by atoms with van der Waals surface area (Å²) in [7, 11) is 0. The summed E-state index contributed by atoms with van der Waals surface area (Å²) < 4.78 is 47.3. The second-order valence-corrected chi connectivity index (χ2v) is 7.85. The first-order valence-electron chi connectivity index (χ1n) is 9.69. The van der Waals surface area contributed by atoms with E-state index in [1.54, 1.807) is 0 Å². The van der Waals surface area contributed by atoms with Crippen LogP contribution in [-0.4, -0.2) is 34.5 Å². The van der Waals surface area contributed by atoms with Gasteiger partial charge in [0.2, 0.25) is 0 Å². The minimum absolute atomic E-state index is 0.0134. The molecule has 0 bridgehead atoms. The van der Waals surface area contributed by atoms with E-state index in [1.807, 2.05) is 38.1 Å². The fourth-order valence-electron chi connectivity index (χ4n) is 3.88. The lowest BCUT2D eigenvalue weighted by Crippen LogP contribution is -2.41. The van der Waals surface area contributed by atoms with Crippen molar-refractivity contribution in [1.82, 2.24) is 15.1 Å². The summed E-state index contributed by atoms with van der Waals surface area (Å²) in [5.74, 6) is 0.429. The molecule has 1 aromatic heterocycles. The Kier molecular flexibility index (Phi) is 4.92. The highest BCUT2D eigenvalue weighted by Gasteiger charge is 2.47. The minimum Gasteiger partial charge on any atom is -0.493 e. The summed E-state index contributed by atoms with van der Waals surface area (Å²) in [5.41, 5.74) is 0.817. The Balaban J connectivity index is 1.59. The SMILES string of the molecule is CC(C)[C@@H]1C[C@H](C(F)(F)F)n2nc(C(=O)N[C@@H]3CCOc4ccccc43)cc2N1. The smallest absolute Gasteiger partial charge is 0.410 e. The molecule has 0 fully saturated rings. The maximum absolute atomic E-state index is 13.6. The van der Waals surface area contributed by atoms with Crippen LogP contribution in [0.5, 0.6) is 5.75 Å². The van der Waals surface area contributed by atoms with E-state index in [1.165, 1.54) is 6.07 Å². The maximum atomic E-state index is 13.6. The Morgan fingerprint density at radius 1 is 1.34 bits per heavy atom. The molecule has 1 amide bonds. The topological polar surface area (TPSA) is 68.2 Å². The van der Waals surface area contributed by atoms with Crippen molar-refractivity contribution in [2.45, 2.75) is 51.0 Å². The predicted octanol–water partition coefficient (Wildman–Crippen LogP) is 4.08. The monoisotopic (exact) mass is 408 g/mol. The molecule has 0 radical (unpaired) electrons. The van der Waals surface area contributed by atoms with Crippen molar-refractivity contribution in [1.29, 1.82) is 0 Å². The number of carbonyl (C=O) groups is 1. The van der Waals surface area contributed by atoms with Gasteiger partial charge in [0, 0.05) is 24.1 Å². The van der Waals surface area contributed by atoms with Crippen LogP contribution in [0.15, 0.2) is 30.3 Å². The van der Waals surface area contributed by atoms with Gasteiger partial charge in [-0.3, -0.25) is 4.79 Å². The molecule has 2 N–H and O–H groups in total. The van der Waals surface area contributed by atoms with Gasteiger partial charge >= 0.3 is 6.18 Å². The van der Waals surface area contributed by atoms with E-state index in [0.29, 0.717) is 18.8 Å². The zero-order valence-electron chi connectivity index (χ0n) is 16.2. The zero-order chi connectivity index (χ0) is 20.8. The van der Waals surface area contributed by atoms with Crippen LogP contribution in [0, 0.1) is 5.92 Å². The molecule has 2 aliphatic heterocycles. The number of carbonyl (C=O) groups excluding carboxylic acids is 1.